The van der Waals surface area contributed by atoms with Gasteiger partial charge in [-0.3, -0.25) is 4.79 Å². The third kappa shape index (κ3) is 3.69. The molecule has 1 fully saturated rings. The molecule has 6 nitrogen and oxygen atoms in total. The lowest BCUT2D eigenvalue weighted by molar-refractivity contribution is 0.0962. The molecule has 1 aliphatic heterocycles. The van der Waals surface area contributed by atoms with Crippen LogP contribution in [0.2, 0.25) is 0 Å². The van der Waals surface area contributed by atoms with Crippen molar-refractivity contribution in [1.29, 1.82) is 0 Å². The van der Waals surface area contributed by atoms with Crippen LogP contribution in [0.5, 0.6) is 0 Å². The summed E-state index contributed by atoms with van der Waals surface area (Å²) in [4.78, 5) is 21.3. The predicted molar refractivity (Wildman–Crippen MR) is 122 cm³/mol. The second-order valence-electron chi connectivity index (χ2n) is 8.24. The molecule has 7 heteroatoms. The molecule has 0 aliphatic carbocycles. The number of anilines is 1. The van der Waals surface area contributed by atoms with Gasteiger partial charge in [0.1, 0.15) is 17.5 Å². The van der Waals surface area contributed by atoms with Crippen LogP contribution in [0, 0.1) is 19.7 Å². The van der Waals surface area contributed by atoms with Crippen LogP contribution in [0.15, 0.2) is 48.5 Å². The van der Waals surface area contributed by atoms with Crippen molar-refractivity contribution >= 4 is 22.8 Å². The van der Waals surface area contributed by atoms with E-state index < -0.39 is 0 Å². The third-order valence-corrected chi connectivity index (χ3v) is 6.20. The molecule has 0 radical (unpaired) electrons. The minimum Gasteiger partial charge on any atom is -0.376 e. The van der Waals surface area contributed by atoms with Crippen LogP contribution < -0.4 is 5.32 Å². The van der Waals surface area contributed by atoms with Gasteiger partial charge in [-0.15, -0.1) is 0 Å². The van der Waals surface area contributed by atoms with Gasteiger partial charge < -0.3 is 19.6 Å². The summed E-state index contributed by atoms with van der Waals surface area (Å²) in [5, 5.41) is 3.08. The summed E-state index contributed by atoms with van der Waals surface area (Å²) in [6.07, 6.45) is 2.13. The van der Waals surface area contributed by atoms with E-state index in [-0.39, 0.29) is 17.8 Å². The number of hydrogen-bond donors (Lipinski definition) is 2. The lowest BCUT2D eigenvalue weighted by Gasteiger charge is -2.17. The van der Waals surface area contributed by atoms with E-state index in [1.165, 1.54) is 24.3 Å². The minimum absolute atomic E-state index is 0.102. The standard InChI is InChI=1S/C25H25FN4O2/c1-15-16(2)30(14-19-6-5-13-32-19)24(29-25(31)17-9-11-18(26)12-10-17)22(15)23-27-20-7-3-4-8-21(20)28-23/h3-4,7-12,19H,5-6,13-14H2,1-2H3,(H,27,28)(H,29,31). The molecular weight excluding hydrogens is 407 g/mol. The zero-order valence-corrected chi connectivity index (χ0v) is 18.1. The fourth-order valence-corrected chi connectivity index (χ4v) is 4.36. The van der Waals surface area contributed by atoms with Crippen molar-refractivity contribution in [3.8, 4) is 11.4 Å². The van der Waals surface area contributed by atoms with Gasteiger partial charge in [0.05, 0.1) is 29.2 Å². The highest BCUT2D eigenvalue weighted by molar-refractivity contribution is 6.06. The number of nitrogens with zero attached hydrogens (tertiary/aromatic N) is 2. The molecule has 1 unspecified atom stereocenters. The van der Waals surface area contributed by atoms with Crippen molar-refractivity contribution in [1.82, 2.24) is 14.5 Å². The second-order valence-corrected chi connectivity index (χ2v) is 8.24. The van der Waals surface area contributed by atoms with Crippen molar-refractivity contribution in [3.63, 3.8) is 0 Å². The van der Waals surface area contributed by atoms with E-state index in [0.717, 1.165) is 47.3 Å². The fraction of sp³-hybridized carbons (Fsp3) is 0.280. The summed E-state index contributed by atoms with van der Waals surface area (Å²) < 4.78 is 21.3. The average molecular weight is 432 g/mol. The second kappa shape index (κ2) is 8.24. The van der Waals surface area contributed by atoms with Crippen LogP contribution in [0.4, 0.5) is 10.2 Å². The maximum atomic E-state index is 13.3. The number of aromatic amines is 1. The van der Waals surface area contributed by atoms with Gasteiger partial charge in [0, 0.05) is 17.9 Å². The van der Waals surface area contributed by atoms with Gasteiger partial charge in [0.2, 0.25) is 0 Å². The quantitative estimate of drug-likeness (QED) is 0.454. The first kappa shape index (κ1) is 20.5. The molecule has 164 valence electrons. The van der Waals surface area contributed by atoms with Crippen LogP contribution in [0.1, 0.15) is 34.5 Å². The monoisotopic (exact) mass is 432 g/mol. The molecule has 0 spiro atoms. The number of ether oxygens (including phenoxy) is 1. The highest BCUT2D eigenvalue weighted by Crippen LogP contribution is 2.36. The van der Waals surface area contributed by atoms with E-state index >= 15 is 0 Å². The maximum absolute atomic E-state index is 13.3. The normalized spacial score (nSPS) is 16.0. The molecule has 4 aromatic rings. The molecule has 1 amide bonds. The van der Waals surface area contributed by atoms with Gasteiger partial charge in [-0.25, -0.2) is 9.37 Å². The smallest absolute Gasteiger partial charge is 0.256 e. The number of hydrogen-bond acceptors (Lipinski definition) is 3. The Bertz CT molecular complexity index is 1250. The van der Waals surface area contributed by atoms with E-state index in [2.05, 4.69) is 14.9 Å². The Kier molecular flexibility index (Phi) is 5.27. The van der Waals surface area contributed by atoms with E-state index in [1.54, 1.807) is 0 Å². The topological polar surface area (TPSA) is 71.9 Å². The lowest BCUT2D eigenvalue weighted by atomic mass is 10.1. The molecular formula is C25H25FN4O2. The van der Waals surface area contributed by atoms with E-state index in [1.807, 2.05) is 38.1 Å². The van der Waals surface area contributed by atoms with Crippen LogP contribution in [0.3, 0.4) is 0 Å². The fourth-order valence-electron chi connectivity index (χ4n) is 4.36. The Hall–Kier alpha value is -3.45. The van der Waals surface area contributed by atoms with Gasteiger partial charge >= 0.3 is 0 Å². The van der Waals surface area contributed by atoms with Gasteiger partial charge in [0.15, 0.2) is 0 Å². The van der Waals surface area contributed by atoms with Crippen molar-refractivity contribution in [2.75, 3.05) is 11.9 Å². The molecule has 0 saturated carbocycles. The van der Waals surface area contributed by atoms with Gasteiger partial charge in [-0.2, -0.15) is 0 Å². The Balaban J connectivity index is 1.61. The molecule has 32 heavy (non-hydrogen) atoms. The van der Waals surface area contributed by atoms with Crippen LogP contribution in [-0.4, -0.2) is 33.2 Å². The predicted octanol–water partition coefficient (Wildman–Crippen LogP) is 5.22. The van der Waals surface area contributed by atoms with Crippen molar-refractivity contribution in [2.24, 2.45) is 0 Å². The lowest BCUT2D eigenvalue weighted by Crippen LogP contribution is -2.21. The zero-order valence-electron chi connectivity index (χ0n) is 18.1. The summed E-state index contributed by atoms with van der Waals surface area (Å²) in [6.45, 7) is 5.49. The number of halogens is 1. The van der Waals surface area contributed by atoms with E-state index in [0.29, 0.717) is 23.8 Å². The average Bonchev–Trinajstić information content (AvgIpc) is 3.50. The SMILES string of the molecule is Cc1c(-c2nc3ccccc3[nH]2)c(NC(=O)c2ccc(F)cc2)n(CC2CCCO2)c1C. The number of aromatic nitrogens is 3. The highest BCUT2D eigenvalue weighted by Gasteiger charge is 2.26. The number of fused-ring (bicyclic) bond motifs is 1. The molecule has 2 N–H and O–H groups in total. The van der Waals surface area contributed by atoms with Crippen LogP contribution >= 0.6 is 0 Å². The molecule has 2 aromatic carbocycles. The largest absolute Gasteiger partial charge is 0.376 e. The summed E-state index contributed by atoms with van der Waals surface area (Å²) >= 11 is 0. The number of amides is 1. The zero-order chi connectivity index (χ0) is 22.2. The van der Waals surface area contributed by atoms with Crippen LogP contribution in [-0.2, 0) is 11.3 Å². The van der Waals surface area contributed by atoms with Crippen molar-refractivity contribution in [2.45, 2.75) is 39.3 Å². The molecule has 2 aromatic heterocycles. The molecule has 5 rings (SSSR count). The van der Waals surface area contributed by atoms with Gasteiger partial charge in [0.25, 0.3) is 5.91 Å². The number of benzene rings is 2. The number of nitrogens with one attached hydrogen (secondary N) is 2. The Morgan fingerprint density at radius 1 is 1.22 bits per heavy atom. The Morgan fingerprint density at radius 3 is 2.72 bits per heavy atom. The summed E-state index contributed by atoms with van der Waals surface area (Å²) in [5.74, 6) is 0.697. The Labute approximate surface area is 185 Å². The molecule has 1 saturated heterocycles. The first-order valence-electron chi connectivity index (χ1n) is 10.8. The molecule has 0 bridgehead atoms. The Morgan fingerprint density at radius 2 is 2.00 bits per heavy atom. The van der Waals surface area contributed by atoms with Crippen LogP contribution in [0.25, 0.3) is 22.4 Å². The molecule has 3 heterocycles. The van der Waals surface area contributed by atoms with E-state index in [9.17, 15) is 9.18 Å². The van der Waals surface area contributed by atoms with Gasteiger partial charge in [-0.1, -0.05) is 12.1 Å². The summed E-state index contributed by atoms with van der Waals surface area (Å²) in [7, 11) is 0. The number of para-hydroxylation sites is 2. The maximum Gasteiger partial charge on any atom is 0.256 e. The highest BCUT2D eigenvalue weighted by atomic mass is 19.1. The number of H-pyrrole nitrogens is 1. The first-order valence-corrected chi connectivity index (χ1v) is 10.8. The number of carbonyl (C=O) groups excluding carboxylic acids is 1. The first-order chi connectivity index (χ1) is 15.5. The molecule has 1 aliphatic rings. The van der Waals surface area contributed by atoms with Gasteiger partial charge in [-0.05, 0) is 68.7 Å². The summed E-state index contributed by atoms with van der Waals surface area (Å²) in [6, 6.07) is 13.4. The van der Waals surface area contributed by atoms with Crippen molar-refractivity contribution in [3.05, 3.63) is 71.2 Å². The summed E-state index contributed by atoms with van der Waals surface area (Å²) in [5.41, 5.74) is 5.13. The number of rotatable bonds is 5. The van der Waals surface area contributed by atoms with Crippen molar-refractivity contribution < 1.29 is 13.9 Å². The number of carbonyl (C=O) groups is 1. The van der Waals surface area contributed by atoms with E-state index in [4.69, 9.17) is 9.72 Å². The minimum atomic E-state index is -0.377. The number of imidazole rings is 1. The molecule has 1 atom stereocenters. The third-order valence-electron chi connectivity index (χ3n) is 6.20.